The van der Waals surface area contributed by atoms with Gasteiger partial charge in [-0.3, -0.25) is 0 Å². The highest BCUT2D eigenvalue weighted by atomic mass is 79.9. The summed E-state index contributed by atoms with van der Waals surface area (Å²) in [4.78, 5) is 9.84. The molecule has 5 nitrogen and oxygen atoms in total. The van der Waals surface area contributed by atoms with Crippen molar-refractivity contribution in [1.29, 1.82) is 0 Å². The van der Waals surface area contributed by atoms with Gasteiger partial charge in [0.2, 0.25) is 5.95 Å². The molecule has 2 N–H and O–H groups in total. The van der Waals surface area contributed by atoms with Crippen LogP contribution < -0.4 is 4.90 Å². The number of halogens is 1. The van der Waals surface area contributed by atoms with Crippen LogP contribution in [0, 0.1) is 0 Å². The molecule has 1 aromatic rings. The molecule has 0 spiro atoms. The molecule has 1 heterocycles. The van der Waals surface area contributed by atoms with Crippen molar-refractivity contribution in [3.8, 4) is 0 Å². The summed E-state index contributed by atoms with van der Waals surface area (Å²) in [5.74, 6) is 0.510. The van der Waals surface area contributed by atoms with Crippen LogP contribution in [0.1, 0.15) is 0 Å². The largest absolute Gasteiger partial charge is 0.395 e. The van der Waals surface area contributed by atoms with Crippen LogP contribution in [0.2, 0.25) is 0 Å². The second kappa shape index (κ2) is 5.90. The molecule has 0 aromatic carbocycles. The maximum Gasteiger partial charge on any atom is 0.225 e. The third-order valence-corrected chi connectivity index (χ3v) is 2.04. The molecule has 0 aliphatic heterocycles. The van der Waals surface area contributed by atoms with E-state index < -0.39 is 0 Å². The molecule has 1 aromatic heterocycles. The molecule has 0 saturated carbocycles. The molecular weight excluding hydrogens is 250 g/mol. The summed E-state index contributed by atoms with van der Waals surface area (Å²) in [5, 5.41) is 17.6. The van der Waals surface area contributed by atoms with Crippen LogP contribution in [0.3, 0.4) is 0 Å². The lowest BCUT2D eigenvalue weighted by Gasteiger charge is -2.19. The SMILES string of the molecule is OCCN(CCO)c1ncc(Br)cn1. The van der Waals surface area contributed by atoms with Crippen molar-refractivity contribution in [2.45, 2.75) is 0 Å². The number of nitrogens with zero attached hydrogens (tertiary/aromatic N) is 3. The maximum absolute atomic E-state index is 8.79. The van der Waals surface area contributed by atoms with E-state index in [9.17, 15) is 0 Å². The molecule has 78 valence electrons. The minimum absolute atomic E-state index is 0.0133. The van der Waals surface area contributed by atoms with Crippen LogP contribution in [-0.2, 0) is 0 Å². The molecule has 0 radical (unpaired) electrons. The number of aromatic nitrogens is 2. The lowest BCUT2D eigenvalue weighted by atomic mass is 10.5. The molecule has 6 heteroatoms. The zero-order chi connectivity index (χ0) is 10.4. The van der Waals surface area contributed by atoms with Gasteiger partial charge in [0, 0.05) is 25.5 Å². The molecule has 0 unspecified atom stereocenters. The van der Waals surface area contributed by atoms with Gasteiger partial charge in [0.1, 0.15) is 0 Å². The summed E-state index contributed by atoms with van der Waals surface area (Å²) in [6.45, 7) is 0.864. The first-order valence-corrected chi connectivity index (χ1v) is 5.01. The number of aliphatic hydroxyl groups excluding tert-OH is 2. The number of aliphatic hydroxyl groups is 2. The number of anilines is 1. The van der Waals surface area contributed by atoms with E-state index in [1.807, 2.05) is 0 Å². The first kappa shape index (κ1) is 11.4. The van der Waals surface area contributed by atoms with Crippen LogP contribution >= 0.6 is 15.9 Å². The van der Waals surface area contributed by atoms with E-state index in [1.54, 1.807) is 17.3 Å². The van der Waals surface area contributed by atoms with Gasteiger partial charge >= 0.3 is 0 Å². The average molecular weight is 262 g/mol. The molecular formula is C8H12BrN3O2. The van der Waals surface area contributed by atoms with Crippen LogP contribution in [0.5, 0.6) is 0 Å². The minimum atomic E-state index is 0.0133. The molecule has 14 heavy (non-hydrogen) atoms. The van der Waals surface area contributed by atoms with Crippen LogP contribution in [0.4, 0.5) is 5.95 Å². The quantitative estimate of drug-likeness (QED) is 0.783. The average Bonchev–Trinajstić information content (AvgIpc) is 2.19. The fourth-order valence-electron chi connectivity index (χ4n) is 1.02. The normalized spacial score (nSPS) is 10.2. The summed E-state index contributed by atoms with van der Waals surface area (Å²) >= 11 is 3.23. The summed E-state index contributed by atoms with van der Waals surface area (Å²) in [6.07, 6.45) is 3.26. The Morgan fingerprint density at radius 1 is 1.14 bits per heavy atom. The van der Waals surface area contributed by atoms with E-state index in [2.05, 4.69) is 25.9 Å². The topological polar surface area (TPSA) is 69.5 Å². The van der Waals surface area contributed by atoms with Gasteiger partial charge < -0.3 is 15.1 Å². The highest BCUT2D eigenvalue weighted by Gasteiger charge is 2.07. The monoisotopic (exact) mass is 261 g/mol. The van der Waals surface area contributed by atoms with E-state index in [0.717, 1.165) is 4.47 Å². The standard InChI is InChI=1S/C8H12BrN3O2/c9-7-5-10-8(11-6-7)12(1-3-13)2-4-14/h5-6,13-14H,1-4H2. The van der Waals surface area contributed by atoms with Gasteiger partial charge in [-0.25, -0.2) is 9.97 Å². The summed E-state index contributed by atoms with van der Waals surface area (Å²) < 4.78 is 0.800. The van der Waals surface area contributed by atoms with E-state index in [1.165, 1.54) is 0 Å². The Balaban J connectivity index is 2.71. The molecule has 0 saturated heterocycles. The van der Waals surface area contributed by atoms with Crippen molar-refractivity contribution < 1.29 is 10.2 Å². The van der Waals surface area contributed by atoms with Crippen molar-refractivity contribution in [1.82, 2.24) is 9.97 Å². The summed E-state index contributed by atoms with van der Waals surface area (Å²) in [6, 6.07) is 0. The maximum atomic E-state index is 8.79. The van der Waals surface area contributed by atoms with Gasteiger partial charge in [-0.2, -0.15) is 0 Å². The van der Waals surface area contributed by atoms with Gasteiger partial charge in [-0.15, -0.1) is 0 Å². The van der Waals surface area contributed by atoms with Gasteiger partial charge in [0.15, 0.2) is 0 Å². The highest BCUT2D eigenvalue weighted by molar-refractivity contribution is 9.10. The van der Waals surface area contributed by atoms with E-state index in [0.29, 0.717) is 19.0 Å². The zero-order valence-corrected chi connectivity index (χ0v) is 9.18. The molecule has 0 fully saturated rings. The van der Waals surface area contributed by atoms with Crippen molar-refractivity contribution in [2.24, 2.45) is 0 Å². The van der Waals surface area contributed by atoms with Crippen molar-refractivity contribution in [2.75, 3.05) is 31.2 Å². The Hall–Kier alpha value is -0.720. The summed E-state index contributed by atoms with van der Waals surface area (Å²) in [5.41, 5.74) is 0. The molecule has 0 atom stereocenters. The lowest BCUT2D eigenvalue weighted by Crippen LogP contribution is -2.31. The third kappa shape index (κ3) is 3.21. The Labute approximate surface area is 90.5 Å². The molecule has 0 amide bonds. The predicted octanol–water partition coefficient (Wildman–Crippen LogP) is 0.0301. The molecule has 0 bridgehead atoms. The first-order chi connectivity index (χ1) is 6.77. The number of hydrogen-bond donors (Lipinski definition) is 2. The summed E-state index contributed by atoms with van der Waals surface area (Å²) in [7, 11) is 0. The van der Waals surface area contributed by atoms with E-state index >= 15 is 0 Å². The zero-order valence-electron chi connectivity index (χ0n) is 7.60. The van der Waals surface area contributed by atoms with Crippen LogP contribution in [0.15, 0.2) is 16.9 Å². The third-order valence-electron chi connectivity index (χ3n) is 1.63. The fraction of sp³-hybridized carbons (Fsp3) is 0.500. The Morgan fingerprint density at radius 3 is 2.07 bits per heavy atom. The Kier molecular flexibility index (Phi) is 4.78. The predicted molar refractivity (Wildman–Crippen MR) is 56.1 cm³/mol. The van der Waals surface area contributed by atoms with Crippen molar-refractivity contribution >= 4 is 21.9 Å². The second-order valence-corrected chi connectivity index (χ2v) is 3.55. The fourth-order valence-corrected chi connectivity index (χ4v) is 1.23. The van der Waals surface area contributed by atoms with Gasteiger partial charge in [-0.1, -0.05) is 0 Å². The molecule has 0 aliphatic rings. The van der Waals surface area contributed by atoms with E-state index in [4.69, 9.17) is 10.2 Å². The minimum Gasteiger partial charge on any atom is -0.395 e. The van der Waals surface area contributed by atoms with Crippen molar-refractivity contribution in [3.63, 3.8) is 0 Å². The Bertz CT molecular complexity index is 262. The lowest BCUT2D eigenvalue weighted by molar-refractivity contribution is 0.280. The van der Waals surface area contributed by atoms with Gasteiger partial charge in [0.05, 0.1) is 17.7 Å². The number of hydrogen-bond acceptors (Lipinski definition) is 5. The van der Waals surface area contributed by atoms with Gasteiger partial charge in [0.25, 0.3) is 0 Å². The van der Waals surface area contributed by atoms with E-state index in [-0.39, 0.29) is 13.2 Å². The number of rotatable bonds is 5. The van der Waals surface area contributed by atoms with Crippen LogP contribution in [0.25, 0.3) is 0 Å². The van der Waals surface area contributed by atoms with Gasteiger partial charge in [-0.05, 0) is 15.9 Å². The molecule has 1 rings (SSSR count). The van der Waals surface area contributed by atoms with Crippen LogP contribution in [-0.4, -0.2) is 46.5 Å². The Morgan fingerprint density at radius 2 is 1.64 bits per heavy atom. The molecule has 0 aliphatic carbocycles. The smallest absolute Gasteiger partial charge is 0.225 e. The van der Waals surface area contributed by atoms with Crippen molar-refractivity contribution in [3.05, 3.63) is 16.9 Å². The highest BCUT2D eigenvalue weighted by Crippen LogP contribution is 2.10. The second-order valence-electron chi connectivity index (χ2n) is 2.64. The first-order valence-electron chi connectivity index (χ1n) is 4.22.